The van der Waals surface area contributed by atoms with Gasteiger partial charge in [-0.2, -0.15) is 13.2 Å². The zero-order valence-electron chi connectivity index (χ0n) is 19.2. The lowest BCUT2D eigenvalue weighted by Crippen LogP contribution is -2.25. The van der Waals surface area contributed by atoms with Gasteiger partial charge in [-0.25, -0.2) is 9.36 Å². The first-order valence-electron chi connectivity index (χ1n) is 11.2. The summed E-state index contributed by atoms with van der Waals surface area (Å²) in [5, 5.41) is 21.7. The molecule has 2 aromatic heterocycles. The molecule has 0 fully saturated rings. The monoisotopic (exact) mass is 523 g/mol. The molecule has 0 amide bonds. The highest BCUT2D eigenvalue weighted by Gasteiger charge is 2.29. The van der Waals surface area contributed by atoms with Crippen molar-refractivity contribution in [2.45, 2.75) is 23.4 Å². The summed E-state index contributed by atoms with van der Waals surface area (Å²) in [6.45, 7) is 0.137. The van der Waals surface area contributed by atoms with E-state index in [9.17, 15) is 28.2 Å². The number of alkyl halides is 3. The fourth-order valence-corrected chi connectivity index (χ4v) is 4.75. The zero-order valence-corrected chi connectivity index (χ0v) is 20.0. The summed E-state index contributed by atoms with van der Waals surface area (Å²) in [6.07, 6.45) is 1.83. The molecule has 2 heterocycles. The number of hydrogen-bond donors (Lipinski definition) is 2. The van der Waals surface area contributed by atoms with E-state index in [0.29, 0.717) is 5.69 Å². The number of aromatic nitrogens is 3. The van der Waals surface area contributed by atoms with Crippen LogP contribution in [-0.4, -0.2) is 29.8 Å². The maximum atomic E-state index is 13.6. The molecule has 0 unspecified atom stereocenters. The van der Waals surface area contributed by atoms with Crippen LogP contribution in [0.1, 0.15) is 16.8 Å². The Morgan fingerprint density at radius 2 is 1.59 bits per heavy atom. The largest absolute Gasteiger partial charge is 0.508 e. The topological polar surface area (TPSA) is 80.3 Å². The summed E-state index contributed by atoms with van der Waals surface area (Å²) < 4.78 is 40.8. The van der Waals surface area contributed by atoms with E-state index >= 15 is 0 Å². The predicted octanol–water partition coefficient (Wildman–Crippen LogP) is 5.85. The molecule has 2 N–H and O–H groups in total. The van der Waals surface area contributed by atoms with Gasteiger partial charge in [0.25, 0.3) is 0 Å². The fraction of sp³-hybridized carbons (Fsp3) is 0.111. The van der Waals surface area contributed by atoms with Crippen molar-refractivity contribution in [3.8, 4) is 17.3 Å². The predicted molar refractivity (Wildman–Crippen MR) is 135 cm³/mol. The van der Waals surface area contributed by atoms with Gasteiger partial charge in [0.15, 0.2) is 0 Å². The maximum absolute atomic E-state index is 13.6. The van der Waals surface area contributed by atoms with Crippen molar-refractivity contribution in [1.29, 1.82) is 0 Å². The molecule has 188 valence electrons. The van der Waals surface area contributed by atoms with Crippen molar-refractivity contribution in [1.82, 2.24) is 14.1 Å². The normalized spacial score (nSPS) is 11.8. The Hall–Kier alpha value is -4.18. The van der Waals surface area contributed by atoms with Crippen molar-refractivity contribution in [3.05, 3.63) is 112 Å². The van der Waals surface area contributed by atoms with Crippen LogP contribution in [0.2, 0.25) is 0 Å². The molecule has 5 rings (SSSR count). The van der Waals surface area contributed by atoms with Gasteiger partial charge in [-0.05, 0) is 71.4 Å². The molecule has 6 nitrogen and oxygen atoms in total. The smallest absolute Gasteiger partial charge is 0.446 e. The standard InChI is InChI=1S/C27H20F3N3O3S/c28-27(29,30)37-21-11-7-19(8-12-21)33-25(35)24(15-17-5-9-20(34)10-6-17)32(26(33)36)16-18-13-14-31-23-4-2-1-3-22(18)23/h1-14,34-35H,15-16H2. The van der Waals surface area contributed by atoms with Crippen molar-refractivity contribution in [2.75, 3.05) is 0 Å². The van der Waals surface area contributed by atoms with Gasteiger partial charge in [-0.15, -0.1) is 0 Å². The number of imidazole rings is 1. The summed E-state index contributed by atoms with van der Waals surface area (Å²) >= 11 is -0.254. The molecule has 37 heavy (non-hydrogen) atoms. The van der Waals surface area contributed by atoms with Crippen LogP contribution < -0.4 is 5.69 Å². The number of rotatable bonds is 6. The van der Waals surface area contributed by atoms with E-state index < -0.39 is 11.2 Å². The minimum atomic E-state index is -4.44. The molecule has 0 saturated heterocycles. The highest BCUT2D eigenvalue weighted by molar-refractivity contribution is 8.00. The second-order valence-electron chi connectivity index (χ2n) is 8.35. The van der Waals surface area contributed by atoms with Gasteiger partial charge in [0, 0.05) is 22.9 Å². The lowest BCUT2D eigenvalue weighted by molar-refractivity contribution is -0.0328. The van der Waals surface area contributed by atoms with Crippen molar-refractivity contribution in [3.63, 3.8) is 0 Å². The maximum Gasteiger partial charge on any atom is 0.446 e. The second-order valence-corrected chi connectivity index (χ2v) is 9.49. The summed E-state index contributed by atoms with van der Waals surface area (Å²) in [5.74, 6) is -0.226. The highest BCUT2D eigenvalue weighted by atomic mass is 32.2. The van der Waals surface area contributed by atoms with Crippen LogP contribution in [0.5, 0.6) is 11.6 Å². The minimum Gasteiger partial charge on any atom is -0.508 e. The number of benzene rings is 3. The lowest BCUT2D eigenvalue weighted by Gasteiger charge is -2.10. The highest BCUT2D eigenvalue weighted by Crippen LogP contribution is 2.37. The molecule has 0 bridgehead atoms. The Labute approximate surface area is 213 Å². The van der Waals surface area contributed by atoms with Crippen molar-refractivity contribution < 1.29 is 23.4 Å². The van der Waals surface area contributed by atoms with E-state index in [1.165, 1.54) is 41.0 Å². The van der Waals surface area contributed by atoms with Crippen molar-refractivity contribution in [2.24, 2.45) is 0 Å². The van der Waals surface area contributed by atoms with Gasteiger partial charge < -0.3 is 10.2 Å². The van der Waals surface area contributed by atoms with Gasteiger partial charge >= 0.3 is 11.2 Å². The van der Waals surface area contributed by atoms with Crippen LogP contribution in [0.25, 0.3) is 16.6 Å². The molecule has 0 aliphatic carbocycles. The average molecular weight is 524 g/mol. The van der Waals surface area contributed by atoms with Crippen LogP contribution in [-0.2, 0) is 13.0 Å². The van der Waals surface area contributed by atoms with Gasteiger partial charge in [0.2, 0.25) is 5.88 Å². The average Bonchev–Trinajstić information content (AvgIpc) is 3.09. The van der Waals surface area contributed by atoms with E-state index in [-0.39, 0.29) is 46.9 Å². The number of nitrogens with zero attached hydrogens (tertiary/aromatic N) is 3. The number of thioether (sulfide) groups is 1. The van der Waals surface area contributed by atoms with Gasteiger partial charge in [-0.3, -0.25) is 9.55 Å². The molecular weight excluding hydrogens is 503 g/mol. The first-order chi connectivity index (χ1) is 17.7. The van der Waals surface area contributed by atoms with Crippen LogP contribution in [0.4, 0.5) is 13.2 Å². The first kappa shape index (κ1) is 24.5. The number of phenols is 1. The third kappa shape index (κ3) is 5.19. The molecular formula is C27H20F3N3O3S. The molecule has 0 spiro atoms. The number of hydrogen-bond acceptors (Lipinski definition) is 5. The summed E-state index contributed by atoms with van der Waals surface area (Å²) in [6, 6.07) is 20.9. The molecule has 0 saturated carbocycles. The lowest BCUT2D eigenvalue weighted by atomic mass is 10.1. The second kappa shape index (κ2) is 9.70. The van der Waals surface area contributed by atoms with E-state index in [1.807, 2.05) is 24.3 Å². The molecule has 0 aliphatic rings. The van der Waals surface area contributed by atoms with Crippen LogP contribution in [0.3, 0.4) is 0 Å². The van der Waals surface area contributed by atoms with E-state index in [2.05, 4.69) is 4.98 Å². The summed E-state index contributed by atoms with van der Waals surface area (Å²) in [5.41, 5.74) is -2.10. The number of aromatic hydroxyl groups is 2. The number of pyridine rings is 1. The quantitative estimate of drug-likeness (QED) is 0.273. The molecule has 0 radical (unpaired) electrons. The van der Waals surface area contributed by atoms with Crippen LogP contribution >= 0.6 is 11.8 Å². The van der Waals surface area contributed by atoms with Crippen LogP contribution in [0.15, 0.2) is 94.7 Å². The van der Waals surface area contributed by atoms with Gasteiger partial charge in [0.05, 0.1) is 23.4 Å². The van der Waals surface area contributed by atoms with Gasteiger partial charge in [-0.1, -0.05) is 30.3 Å². The zero-order chi connectivity index (χ0) is 26.2. The SMILES string of the molecule is O=c1n(Cc2ccnc3ccccc23)c(Cc2ccc(O)cc2)c(O)n1-c1ccc(SC(F)(F)F)cc1. The number of phenolic OH excluding ortho intramolecular Hbond substituents is 1. The summed E-state index contributed by atoms with van der Waals surface area (Å²) in [7, 11) is 0. The van der Waals surface area contributed by atoms with E-state index in [1.54, 1.807) is 24.4 Å². The Bertz CT molecular complexity index is 1620. The third-order valence-corrected chi connectivity index (χ3v) is 6.66. The van der Waals surface area contributed by atoms with E-state index in [0.717, 1.165) is 26.6 Å². The Kier molecular flexibility index (Phi) is 6.43. The molecule has 3 aromatic carbocycles. The van der Waals surface area contributed by atoms with Crippen LogP contribution in [0, 0.1) is 0 Å². The summed E-state index contributed by atoms with van der Waals surface area (Å²) in [4.78, 5) is 18.0. The molecule has 0 atom stereocenters. The Morgan fingerprint density at radius 3 is 2.30 bits per heavy atom. The van der Waals surface area contributed by atoms with Gasteiger partial charge in [0.1, 0.15) is 5.75 Å². The number of halogens is 3. The molecule has 10 heteroatoms. The third-order valence-electron chi connectivity index (χ3n) is 5.92. The first-order valence-corrected chi connectivity index (χ1v) is 12.0. The number of fused-ring (bicyclic) bond motifs is 1. The van der Waals surface area contributed by atoms with Crippen molar-refractivity contribution >= 4 is 22.7 Å². The fourth-order valence-electron chi connectivity index (χ4n) is 4.21. The minimum absolute atomic E-state index is 0.0317. The molecule has 5 aromatic rings. The molecule has 0 aliphatic heterocycles. The number of para-hydroxylation sites is 1. The Morgan fingerprint density at radius 1 is 0.892 bits per heavy atom. The van der Waals surface area contributed by atoms with E-state index in [4.69, 9.17) is 0 Å². The Balaban J connectivity index is 1.61.